The molecule has 0 radical (unpaired) electrons. The Morgan fingerprint density at radius 1 is 1.25 bits per heavy atom. The van der Waals surface area contributed by atoms with Gasteiger partial charge in [-0.2, -0.15) is 0 Å². The molecule has 2 atom stereocenters. The number of benzene rings is 1. The first kappa shape index (κ1) is 18.3. The van der Waals surface area contributed by atoms with Gasteiger partial charge in [0.25, 0.3) is 5.91 Å². The highest BCUT2D eigenvalue weighted by Crippen LogP contribution is 2.26. The Bertz CT molecular complexity index is 760. The van der Waals surface area contributed by atoms with Crippen LogP contribution in [0, 0.1) is 6.92 Å². The maximum absolute atomic E-state index is 12.2. The molecule has 1 aromatic heterocycles. The first-order valence-electron chi connectivity index (χ1n) is 7.17. The van der Waals surface area contributed by atoms with Crippen LogP contribution in [0.4, 0.5) is 0 Å². The quantitative estimate of drug-likeness (QED) is 0.811. The van der Waals surface area contributed by atoms with Gasteiger partial charge >= 0.3 is 5.97 Å². The lowest BCUT2D eigenvalue weighted by atomic mass is 10.1. The Kier molecular flexibility index (Phi) is 5.85. The second-order valence-corrected chi connectivity index (χ2v) is 6.12. The molecule has 128 valence electrons. The van der Waals surface area contributed by atoms with Crippen molar-refractivity contribution in [1.29, 1.82) is 0 Å². The van der Waals surface area contributed by atoms with Crippen molar-refractivity contribution in [1.82, 2.24) is 10.5 Å². The first-order valence-corrected chi connectivity index (χ1v) is 7.93. The van der Waals surface area contributed by atoms with Crippen LogP contribution in [0.15, 0.2) is 28.8 Å². The molecule has 0 saturated heterocycles. The number of hydrogen-bond donors (Lipinski definition) is 1. The van der Waals surface area contributed by atoms with Crippen molar-refractivity contribution in [3.8, 4) is 0 Å². The van der Waals surface area contributed by atoms with E-state index in [1.54, 1.807) is 32.0 Å². The molecular weight excluding hydrogens is 355 g/mol. The summed E-state index contributed by atoms with van der Waals surface area (Å²) in [5.74, 6) is -1.27. The molecule has 1 aromatic carbocycles. The third kappa shape index (κ3) is 4.49. The molecule has 2 rings (SSSR count). The van der Waals surface area contributed by atoms with Gasteiger partial charge in [-0.25, -0.2) is 4.79 Å². The van der Waals surface area contributed by atoms with Crippen molar-refractivity contribution in [2.75, 3.05) is 0 Å². The number of halogens is 2. The lowest BCUT2D eigenvalue weighted by molar-refractivity contribution is -0.129. The topological polar surface area (TPSA) is 81.4 Å². The van der Waals surface area contributed by atoms with Crippen LogP contribution in [0.2, 0.25) is 10.0 Å². The zero-order valence-corrected chi connectivity index (χ0v) is 14.8. The summed E-state index contributed by atoms with van der Waals surface area (Å²) in [5.41, 5.74) is 1.25. The van der Waals surface area contributed by atoms with E-state index in [-0.39, 0.29) is 11.8 Å². The molecule has 1 heterocycles. The van der Waals surface area contributed by atoms with E-state index in [4.69, 9.17) is 32.5 Å². The van der Waals surface area contributed by atoms with Crippen LogP contribution in [0.1, 0.15) is 41.7 Å². The maximum Gasteiger partial charge on any atom is 0.377 e. The fraction of sp³-hybridized carbons (Fsp3) is 0.312. The lowest BCUT2D eigenvalue weighted by Crippen LogP contribution is -2.37. The van der Waals surface area contributed by atoms with Crippen molar-refractivity contribution < 1.29 is 18.8 Å². The van der Waals surface area contributed by atoms with Gasteiger partial charge in [0.05, 0.1) is 11.7 Å². The predicted octanol–water partition coefficient (Wildman–Crippen LogP) is 3.71. The summed E-state index contributed by atoms with van der Waals surface area (Å²) >= 11 is 12.0. The van der Waals surface area contributed by atoms with E-state index in [9.17, 15) is 9.59 Å². The molecule has 8 heteroatoms. The minimum Gasteiger partial charge on any atom is -0.447 e. The second-order valence-electron chi connectivity index (χ2n) is 5.28. The van der Waals surface area contributed by atoms with Crippen LogP contribution in [0.5, 0.6) is 0 Å². The van der Waals surface area contributed by atoms with Gasteiger partial charge in [-0.3, -0.25) is 4.79 Å². The van der Waals surface area contributed by atoms with E-state index in [2.05, 4.69) is 10.5 Å². The summed E-state index contributed by atoms with van der Waals surface area (Å²) in [6.07, 6.45) is -1.00. The van der Waals surface area contributed by atoms with Gasteiger partial charge in [0.1, 0.15) is 0 Å². The number of hydrogen-bond acceptors (Lipinski definition) is 5. The molecule has 1 amide bonds. The summed E-state index contributed by atoms with van der Waals surface area (Å²) < 4.78 is 9.86. The van der Waals surface area contributed by atoms with Crippen molar-refractivity contribution in [3.05, 3.63) is 51.3 Å². The van der Waals surface area contributed by atoms with Gasteiger partial charge < -0.3 is 14.6 Å². The Balaban J connectivity index is 1.96. The zero-order chi connectivity index (χ0) is 17.9. The largest absolute Gasteiger partial charge is 0.447 e. The normalized spacial score (nSPS) is 13.2. The molecule has 0 bridgehead atoms. The summed E-state index contributed by atoms with van der Waals surface area (Å²) in [4.78, 5) is 24.0. The fourth-order valence-electron chi connectivity index (χ4n) is 1.99. The summed E-state index contributed by atoms with van der Waals surface area (Å²) in [6.45, 7) is 4.90. The molecular formula is C16H16Cl2N2O4. The van der Waals surface area contributed by atoms with Crippen LogP contribution < -0.4 is 5.32 Å². The standard InChI is InChI=1S/C16H16Cl2N2O4/c1-8-6-14(24-20-8)16(22)23-10(3)15(21)19-9(2)12-5-4-11(17)7-13(12)18/h4-7,9-10H,1-3H3,(H,19,21)/t9-,10+/m1/s1. The molecule has 24 heavy (non-hydrogen) atoms. The highest BCUT2D eigenvalue weighted by molar-refractivity contribution is 6.35. The average Bonchev–Trinajstić information content (AvgIpc) is 2.93. The van der Waals surface area contributed by atoms with Crippen molar-refractivity contribution in [2.45, 2.75) is 32.9 Å². The summed E-state index contributed by atoms with van der Waals surface area (Å²) in [5, 5.41) is 7.27. The number of carbonyl (C=O) groups is 2. The van der Waals surface area contributed by atoms with Crippen LogP contribution >= 0.6 is 23.2 Å². The van der Waals surface area contributed by atoms with Crippen LogP contribution in [-0.4, -0.2) is 23.1 Å². The Labute approximate surface area is 149 Å². The van der Waals surface area contributed by atoms with Gasteiger partial charge in [0.2, 0.25) is 5.76 Å². The van der Waals surface area contributed by atoms with Gasteiger partial charge in [-0.05, 0) is 38.5 Å². The Morgan fingerprint density at radius 3 is 2.54 bits per heavy atom. The summed E-state index contributed by atoms with van der Waals surface area (Å²) in [7, 11) is 0. The monoisotopic (exact) mass is 370 g/mol. The zero-order valence-electron chi connectivity index (χ0n) is 13.3. The number of ether oxygens (including phenoxy) is 1. The Morgan fingerprint density at radius 2 is 1.96 bits per heavy atom. The number of nitrogens with zero attached hydrogens (tertiary/aromatic N) is 1. The van der Waals surface area contributed by atoms with E-state index in [1.165, 1.54) is 13.0 Å². The average molecular weight is 371 g/mol. The van der Waals surface area contributed by atoms with E-state index in [0.29, 0.717) is 21.3 Å². The van der Waals surface area contributed by atoms with Gasteiger partial charge in [-0.1, -0.05) is 34.4 Å². The first-order chi connectivity index (χ1) is 11.3. The maximum atomic E-state index is 12.2. The SMILES string of the molecule is Cc1cc(C(=O)O[C@@H](C)C(=O)N[C@H](C)c2ccc(Cl)cc2Cl)on1. The van der Waals surface area contributed by atoms with Crippen molar-refractivity contribution in [3.63, 3.8) is 0 Å². The van der Waals surface area contributed by atoms with Crippen molar-refractivity contribution >= 4 is 35.1 Å². The Hall–Kier alpha value is -2.05. The van der Waals surface area contributed by atoms with Gasteiger partial charge in [0, 0.05) is 16.1 Å². The highest BCUT2D eigenvalue weighted by atomic mass is 35.5. The molecule has 0 unspecified atom stereocenters. The number of esters is 1. The number of aromatic nitrogens is 1. The summed E-state index contributed by atoms with van der Waals surface area (Å²) in [6, 6.07) is 6.06. The fourth-order valence-corrected chi connectivity index (χ4v) is 2.57. The van der Waals surface area contributed by atoms with Crippen LogP contribution in [-0.2, 0) is 9.53 Å². The second kappa shape index (κ2) is 7.68. The van der Waals surface area contributed by atoms with E-state index >= 15 is 0 Å². The molecule has 0 aliphatic rings. The number of rotatable bonds is 5. The minimum absolute atomic E-state index is 0.0547. The number of amides is 1. The molecule has 2 aromatic rings. The van der Waals surface area contributed by atoms with Gasteiger partial charge in [-0.15, -0.1) is 0 Å². The third-order valence-electron chi connectivity index (χ3n) is 3.27. The number of aryl methyl sites for hydroxylation is 1. The molecule has 6 nitrogen and oxygen atoms in total. The van der Waals surface area contributed by atoms with E-state index < -0.39 is 18.0 Å². The molecule has 0 aliphatic carbocycles. The third-order valence-corrected chi connectivity index (χ3v) is 3.83. The minimum atomic E-state index is -1.00. The predicted molar refractivity (Wildman–Crippen MR) is 89.1 cm³/mol. The number of carbonyl (C=O) groups excluding carboxylic acids is 2. The smallest absolute Gasteiger partial charge is 0.377 e. The number of nitrogens with one attached hydrogen (secondary N) is 1. The van der Waals surface area contributed by atoms with E-state index in [1.807, 2.05) is 0 Å². The van der Waals surface area contributed by atoms with Crippen LogP contribution in [0.25, 0.3) is 0 Å². The molecule has 0 spiro atoms. The highest BCUT2D eigenvalue weighted by Gasteiger charge is 2.23. The van der Waals surface area contributed by atoms with Gasteiger partial charge in [0.15, 0.2) is 6.10 Å². The molecule has 0 fully saturated rings. The molecule has 1 N–H and O–H groups in total. The van der Waals surface area contributed by atoms with E-state index in [0.717, 1.165) is 0 Å². The molecule has 0 aliphatic heterocycles. The van der Waals surface area contributed by atoms with Crippen LogP contribution in [0.3, 0.4) is 0 Å². The van der Waals surface area contributed by atoms with Crippen molar-refractivity contribution in [2.24, 2.45) is 0 Å². The molecule has 0 saturated carbocycles. The lowest BCUT2D eigenvalue weighted by Gasteiger charge is -2.19.